The van der Waals surface area contributed by atoms with Crippen molar-refractivity contribution in [2.75, 3.05) is 32.7 Å². The Morgan fingerprint density at radius 2 is 2.11 bits per heavy atom. The van der Waals surface area contributed by atoms with Crippen LogP contribution in [0.5, 0.6) is 0 Å². The second-order valence-electron chi connectivity index (χ2n) is 7.38. The van der Waals surface area contributed by atoms with Crippen molar-refractivity contribution in [3.8, 4) is 0 Å². The van der Waals surface area contributed by atoms with Gasteiger partial charge in [-0.1, -0.05) is 18.7 Å². The minimum absolute atomic E-state index is 0.190. The number of aromatic nitrogens is 1. The lowest BCUT2D eigenvalue weighted by molar-refractivity contribution is 0.202. The quantitative estimate of drug-likeness (QED) is 0.665. The van der Waals surface area contributed by atoms with Gasteiger partial charge >= 0.3 is 0 Å². The molecule has 1 aliphatic heterocycles. The van der Waals surface area contributed by atoms with Crippen LogP contribution in [0.2, 0.25) is 0 Å². The summed E-state index contributed by atoms with van der Waals surface area (Å²) in [6.45, 7) is 10.6. The summed E-state index contributed by atoms with van der Waals surface area (Å²) in [6.07, 6.45) is 2.71. The Kier molecular flexibility index (Phi) is 6.52. The first-order valence-corrected chi connectivity index (χ1v) is 11.2. The molecule has 0 aliphatic carbocycles. The van der Waals surface area contributed by atoms with Gasteiger partial charge in [-0.15, -0.1) is 0 Å². The van der Waals surface area contributed by atoms with Gasteiger partial charge in [-0.2, -0.15) is 4.31 Å². The van der Waals surface area contributed by atoms with Crippen molar-refractivity contribution in [3.05, 3.63) is 41.2 Å². The van der Waals surface area contributed by atoms with Gasteiger partial charge in [0.2, 0.25) is 10.0 Å². The maximum atomic E-state index is 13.3. The highest BCUT2D eigenvalue weighted by Crippen LogP contribution is 2.32. The largest absolute Gasteiger partial charge is 0.356 e. The molecule has 0 saturated carbocycles. The van der Waals surface area contributed by atoms with Gasteiger partial charge in [0.05, 0.1) is 5.69 Å². The van der Waals surface area contributed by atoms with E-state index in [-0.39, 0.29) is 10.7 Å². The number of sulfonamides is 1. The highest BCUT2D eigenvalue weighted by Gasteiger charge is 2.26. The van der Waals surface area contributed by atoms with Crippen molar-refractivity contribution < 1.29 is 17.3 Å². The molecule has 3 rings (SSSR count). The van der Waals surface area contributed by atoms with Gasteiger partial charge in [-0.05, 0) is 58.0 Å². The fraction of sp³-hybridized carbons (Fsp3) is 0.550. The van der Waals surface area contributed by atoms with E-state index in [0.29, 0.717) is 24.6 Å². The molecule has 1 saturated heterocycles. The van der Waals surface area contributed by atoms with E-state index in [4.69, 9.17) is 4.52 Å². The van der Waals surface area contributed by atoms with Crippen LogP contribution in [0.15, 0.2) is 34.2 Å². The molecule has 0 N–H and O–H groups in total. The van der Waals surface area contributed by atoms with Crippen molar-refractivity contribution in [1.29, 1.82) is 0 Å². The van der Waals surface area contributed by atoms with Crippen molar-refractivity contribution in [1.82, 2.24) is 14.4 Å². The molecule has 0 amide bonds. The Bertz CT molecular complexity index is 933. The molecule has 154 valence electrons. The third-order valence-corrected chi connectivity index (χ3v) is 7.45. The van der Waals surface area contributed by atoms with E-state index in [1.807, 2.05) is 6.92 Å². The normalized spacial score (nSPS) is 16.9. The molecular weight excluding hydrogens is 381 g/mol. The van der Waals surface area contributed by atoms with Crippen LogP contribution in [0, 0.1) is 5.82 Å². The number of likely N-dealkylation sites (tertiary alicyclic amines) is 1. The van der Waals surface area contributed by atoms with Crippen LogP contribution < -0.4 is 0 Å². The highest BCUT2D eigenvalue weighted by atomic mass is 32.2. The first-order valence-electron chi connectivity index (χ1n) is 9.75. The lowest BCUT2D eigenvalue weighted by atomic mass is 9.91. The lowest BCUT2D eigenvalue weighted by Gasteiger charge is -2.31. The summed E-state index contributed by atoms with van der Waals surface area (Å²) in [5, 5.41) is 5.08. The molecule has 0 bridgehead atoms. The smallest absolute Gasteiger partial charge is 0.238 e. The van der Waals surface area contributed by atoms with E-state index in [2.05, 4.69) is 16.6 Å². The number of nitrogens with zero attached hydrogens (tertiary/aromatic N) is 3. The summed E-state index contributed by atoms with van der Waals surface area (Å²) in [4.78, 5) is 2.55. The van der Waals surface area contributed by atoms with Crippen molar-refractivity contribution in [3.63, 3.8) is 0 Å². The Labute approximate surface area is 166 Å². The standard InChI is InChI=1S/C20H28FN3O3S/c1-4-24(28(25,26)15(2)3)11-5-10-23-12-8-16(9-13-23)20-18-7-6-17(21)14-19(18)27-22-20/h6-7,14,16H,2,4-5,8-13H2,1,3H3. The van der Waals surface area contributed by atoms with Crippen LogP contribution in [0.1, 0.15) is 44.7 Å². The second kappa shape index (κ2) is 8.71. The number of piperidine rings is 1. The van der Waals surface area contributed by atoms with Crippen LogP contribution in [-0.2, 0) is 10.0 Å². The minimum atomic E-state index is -3.38. The van der Waals surface area contributed by atoms with E-state index in [0.717, 1.165) is 50.0 Å². The summed E-state index contributed by atoms with van der Waals surface area (Å²) in [5.41, 5.74) is 1.41. The Balaban J connectivity index is 1.51. The molecule has 1 fully saturated rings. The molecule has 1 aliphatic rings. The summed E-state index contributed by atoms with van der Waals surface area (Å²) in [6, 6.07) is 4.56. The van der Waals surface area contributed by atoms with E-state index < -0.39 is 10.0 Å². The Morgan fingerprint density at radius 3 is 2.75 bits per heavy atom. The van der Waals surface area contributed by atoms with Crippen LogP contribution in [0.3, 0.4) is 0 Å². The van der Waals surface area contributed by atoms with Gasteiger partial charge in [-0.25, -0.2) is 12.8 Å². The topological polar surface area (TPSA) is 66.7 Å². The summed E-state index contributed by atoms with van der Waals surface area (Å²) >= 11 is 0. The first kappa shape index (κ1) is 21.0. The predicted octanol–water partition coefficient (Wildman–Crippen LogP) is 3.72. The molecule has 2 aromatic rings. The van der Waals surface area contributed by atoms with Crippen LogP contribution in [0.25, 0.3) is 11.0 Å². The minimum Gasteiger partial charge on any atom is -0.356 e. The number of allylic oxidation sites excluding steroid dienone is 1. The molecule has 0 radical (unpaired) electrons. The molecule has 28 heavy (non-hydrogen) atoms. The Hall–Kier alpha value is -1.77. The average molecular weight is 410 g/mol. The summed E-state index contributed by atoms with van der Waals surface area (Å²) < 4.78 is 44.5. The molecule has 1 aromatic heterocycles. The molecule has 1 aromatic carbocycles. The number of benzene rings is 1. The predicted molar refractivity (Wildman–Crippen MR) is 108 cm³/mol. The second-order valence-corrected chi connectivity index (χ2v) is 9.54. The third-order valence-electron chi connectivity index (χ3n) is 5.45. The number of halogens is 1. The van der Waals surface area contributed by atoms with Gasteiger partial charge in [0, 0.05) is 35.4 Å². The lowest BCUT2D eigenvalue weighted by Crippen LogP contribution is -2.37. The van der Waals surface area contributed by atoms with Gasteiger partial charge in [-0.3, -0.25) is 0 Å². The molecule has 0 spiro atoms. The van der Waals surface area contributed by atoms with Gasteiger partial charge in [0.1, 0.15) is 5.82 Å². The zero-order valence-corrected chi connectivity index (χ0v) is 17.3. The molecule has 0 unspecified atom stereocenters. The number of fused-ring (bicyclic) bond motifs is 1. The molecule has 2 heterocycles. The van der Waals surface area contributed by atoms with Gasteiger partial charge < -0.3 is 9.42 Å². The summed E-state index contributed by atoms with van der Waals surface area (Å²) in [5.74, 6) is -0.0151. The van der Waals surface area contributed by atoms with E-state index in [9.17, 15) is 12.8 Å². The van der Waals surface area contributed by atoms with Crippen LogP contribution >= 0.6 is 0 Å². The van der Waals surface area contributed by atoms with Crippen LogP contribution in [-0.4, -0.2) is 55.5 Å². The third kappa shape index (κ3) is 4.45. The van der Waals surface area contributed by atoms with E-state index in [1.54, 1.807) is 6.07 Å². The molecule has 6 nitrogen and oxygen atoms in total. The van der Waals surface area contributed by atoms with E-state index >= 15 is 0 Å². The fourth-order valence-electron chi connectivity index (χ4n) is 3.79. The SMILES string of the molecule is C=C(C)S(=O)(=O)N(CC)CCCN1CCC(c2noc3cc(F)ccc23)CC1. The van der Waals surface area contributed by atoms with Gasteiger partial charge in [0.15, 0.2) is 5.58 Å². The molecule has 0 atom stereocenters. The van der Waals surface area contributed by atoms with Gasteiger partial charge in [0.25, 0.3) is 0 Å². The van der Waals surface area contributed by atoms with Crippen LogP contribution in [0.4, 0.5) is 4.39 Å². The number of hydrogen-bond donors (Lipinski definition) is 0. The molecule has 8 heteroatoms. The first-order chi connectivity index (χ1) is 13.3. The van der Waals surface area contributed by atoms with Crippen molar-refractivity contribution >= 4 is 21.0 Å². The zero-order valence-electron chi connectivity index (χ0n) is 16.5. The maximum absolute atomic E-state index is 13.3. The Morgan fingerprint density at radius 1 is 1.39 bits per heavy atom. The monoisotopic (exact) mass is 409 g/mol. The van der Waals surface area contributed by atoms with Crippen molar-refractivity contribution in [2.24, 2.45) is 0 Å². The molecular formula is C20H28FN3O3S. The number of rotatable bonds is 8. The summed E-state index contributed by atoms with van der Waals surface area (Å²) in [7, 11) is -3.38. The fourth-order valence-corrected chi connectivity index (χ4v) is 4.94. The number of hydrogen-bond acceptors (Lipinski definition) is 5. The zero-order chi connectivity index (χ0) is 20.3. The van der Waals surface area contributed by atoms with Crippen molar-refractivity contribution in [2.45, 2.75) is 39.0 Å². The average Bonchev–Trinajstić information content (AvgIpc) is 3.08. The maximum Gasteiger partial charge on any atom is 0.238 e. The van der Waals surface area contributed by atoms with E-state index in [1.165, 1.54) is 23.4 Å². The highest BCUT2D eigenvalue weighted by molar-refractivity contribution is 7.92.